The van der Waals surface area contributed by atoms with Crippen LogP contribution in [0.15, 0.2) is 36.5 Å². The number of amides is 2. The Kier molecular flexibility index (Phi) is 4.83. The van der Waals surface area contributed by atoms with Crippen LogP contribution in [0.1, 0.15) is 20.8 Å². The Hall–Kier alpha value is -3.82. The molecule has 0 bridgehead atoms. The van der Waals surface area contributed by atoms with Crippen LogP contribution < -0.4 is 22.1 Å². The number of anilines is 2. The van der Waals surface area contributed by atoms with E-state index in [0.717, 1.165) is 10.9 Å². The number of nitrogen functional groups attached to an aromatic ring is 1. The molecule has 0 unspecified atom stereocenters. The van der Waals surface area contributed by atoms with E-state index in [1.807, 2.05) is 24.3 Å². The smallest absolute Gasteiger partial charge is 0.273 e. The van der Waals surface area contributed by atoms with Crippen LogP contribution in [0, 0.1) is 0 Å². The predicted octanol–water partition coefficient (Wildman–Crippen LogP) is -0.0572. The van der Waals surface area contributed by atoms with Gasteiger partial charge in [-0.25, -0.2) is 0 Å². The number of nitrogens with two attached hydrogens (primary N) is 2. The zero-order chi connectivity index (χ0) is 18.5. The number of hydrogen-bond donors (Lipinski definition) is 4. The van der Waals surface area contributed by atoms with Crippen molar-refractivity contribution in [2.75, 3.05) is 24.1 Å². The highest BCUT2D eigenvalue weighted by Gasteiger charge is 2.11. The molecule has 3 aromatic rings. The maximum Gasteiger partial charge on any atom is 0.273 e. The van der Waals surface area contributed by atoms with Crippen LogP contribution in [-0.4, -0.2) is 45.1 Å². The molecule has 10 nitrogen and oxygen atoms in total. The summed E-state index contributed by atoms with van der Waals surface area (Å²) < 4.78 is 0. The quantitative estimate of drug-likeness (QED) is 0.448. The number of rotatable bonds is 6. The number of carbonyl (C=O) groups is 2. The van der Waals surface area contributed by atoms with Crippen molar-refractivity contribution in [2.24, 2.45) is 5.73 Å². The standard InChI is InChI=1S/C16H16N8O2/c17-13-12(14(18)25)23-24-16(22-13)20-6-5-19-15(26)10-7-9-3-1-2-4-11(9)21-8-10/h1-4,7-8H,5-6H2,(H2,18,25)(H,19,26)(H3,17,20,22,24). The van der Waals surface area contributed by atoms with Crippen molar-refractivity contribution in [3.63, 3.8) is 0 Å². The van der Waals surface area contributed by atoms with E-state index in [4.69, 9.17) is 11.5 Å². The average Bonchev–Trinajstić information content (AvgIpc) is 2.64. The zero-order valence-corrected chi connectivity index (χ0v) is 13.6. The third kappa shape index (κ3) is 3.80. The number of nitrogens with zero attached hydrogens (tertiary/aromatic N) is 4. The second-order valence-electron chi connectivity index (χ2n) is 5.33. The van der Waals surface area contributed by atoms with E-state index < -0.39 is 5.91 Å². The van der Waals surface area contributed by atoms with Gasteiger partial charge in [0, 0.05) is 24.7 Å². The van der Waals surface area contributed by atoms with Gasteiger partial charge < -0.3 is 22.1 Å². The second-order valence-corrected chi connectivity index (χ2v) is 5.33. The summed E-state index contributed by atoms with van der Waals surface area (Å²) in [5.74, 6) is -1.02. The maximum absolute atomic E-state index is 12.2. The first kappa shape index (κ1) is 17.0. The summed E-state index contributed by atoms with van der Waals surface area (Å²) in [6.07, 6.45) is 1.53. The summed E-state index contributed by atoms with van der Waals surface area (Å²) in [5.41, 5.74) is 11.7. The molecule has 0 saturated heterocycles. The van der Waals surface area contributed by atoms with Gasteiger partial charge in [0.05, 0.1) is 11.1 Å². The molecule has 10 heteroatoms. The molecule has 2 heterocycles. The van der Waals surface area contributed by atoms with Crippen molar-refractivity contribution < 1.29 is 9.59 Å². The van der Waals surface area contributed by atoms with E-state index in [-0.39, 0.29) is 23.4 Å². The van der Waals surface area contributed by atoms with Gasteiger partial charge in [0.25, 0.3) is 11.8 Å². The van der Waals surface area contributed by atoms with Gasteiger partial charge in [-0.3, -0.25) is 14.6 Å². The van der Waals surface area contributed by atoms with Crippen LogP contribution >= 0.6 is 0 Å². The molecule has 0 aliphatic heterocycles. The molecule has 0 saturated carbocycles. The number of primary amides is 1. The maximum atomic E-state index is 12.2. The van der Waals surface area contributed by atoms with Crippen LogP contribution in [-0.2, 0) is 0 Å². The summed E-state index contributed by atoms with van der Waals surface area (Å²) >= 11 is 0. The Labute approximate surface area is 148 Å². The van der Waals surface area contributed by atoms with Crippen LogP contribution in [0.2, 0.25) is 0 Å². The van der Waals surface area contributed by atoms with E-state index in [9.17, 15) is 9.59 Å². The monoisotopic (exact) mass is 352 g/mol. The molecule has 1 aromatic carbocycles. The molecule has 0 spiro atoms. The largest absolute Gasteiger partial charge is 0.382 e. The summed E-state index contributed by atoms with van der Waals surface area (Å²) in [4.78, 5) is 31.3. The van der Waals surface area contributed by atoms with Gasteiger partial charge in [0.15, 0.2) is 11.5 Å². The Morgan fingerprint density at radius 2 is 1.92 bits per heavy atom. The number of nitrogens with one attached hydrogen (secondary N) is 2. The summed E-state index contributed by atoms with van der Waals surface area (Å²) in [6, 6.07) is 9.33. The fraction of sp³-hybridized carbons (Fsp3) is 0.125. The van der Waals surface area contributed by atoms with Crippen LogP contribution in [0.25, 0.3) is 10.9 Å². The van der Waals surface area contributed by atoms with Crippen molar-refractivity contribution in [3.05, 3.63) is 47.8 Å². The molecule has 2 aromatic heterocycles. The average molecular weight is 352 g/mol. The van der Waals surface area contributed by atoms with Gasteiger partial charge >= 0.3 is 0 Å². The molecule has 3 rings (SSSR count). The molecular formula is C16H16N8O2. The van der Waals surface area contributed by atoms with Crippen molar-refractivity contribution in [2.45, 2.75) is 0 Å². The van der Waals surface area contributed by atoms with Gasteiger partial charge in [-0.2, -0.15) is 4.98 Å². The molecule has 0 atom stereocenters. The van der Waals surface area contributed by atoms with Crippen LogP contribution in [0.5, 0.6) is 0 Å². The number of aromatic nitrogens is 4. The molecule has 0 fully saturated rings. The summed E-state index contributed by atoms with van der Waals surface area (Å²) in [7, 11) is 0. The molecule has 0 aliphatic rings. The molecule has 132 valence electrons. The lowest BCUT2D eigenvalue weighted by Gasteiger charge is -2.08. The number of carbonyl (C=O) groups excluding carboxylic acids is 2. The van der Waals surface area contributed by atoms with Crippen LogP contribution in [0.3, 0.4) is 0 Å². The van der Waals surface area contributed by atoms with Crippen LogP contribution in [0.4, 0.5) is 11.8 Å². The SMILES string of the molecule is NC(=O)c1nnc(NCCNC(=O)c2cnc3ccccc3c2)nc1N. The lowest BCUT2D eigenvalue weighted by Crippen LogP contribution is -2.29. The zero-order valence-electron chi connectivity index (χ0n) is 13.6. The Morgan fingerprint density at radius 3 is 2.69 bits per heavy atom. The highest BCUT2D eigenvalue weighted by Crippen LogP contribution is 2.12. The fourth-order valence-corrected chi connectivity index (χ4v) is 2.24. The lowest BCUT2D eigenvalue weighted by atomic mass is 10.1. The predicted molar refractivity (Wildman–Crippen MR) is 95.3 cm³/mol. The van der Waals surface area contributed by atoms with Gasteiger partial charge in [-0.15, -0.1) is 10.2 Å². The van der Waals surface area contributed by atoms with Crippen molar-refractivity contribution in [1.82, 2.24) is 25.5 Å². The molecule has 0 radical (unpaired) electrons. The fourth-order valence-electron chi connectivity index (χ4n) is 2.24. The van der Waals surface area contributed by atoms with Gasteiger partial charge in [0.1, 0.15) is 0 Å². The normalized spacial score (nSPS) is 10.5. The first-order chi connectivity index (χ1) is 12.5. The van der Waals surface area contributed by atoms with Crippen molar-refractivity contribution in [1.29, 1.82) is 0 Å². The minimum Gasteiger partial charge on any atom is -0.382 e. The minimum atomic E-state index is -0.801. The number of para-hydroxylation sites is 1. The Morgan fingerprint density at radius 1 is 1.12 bits per heavy atom. The number of pyridine rings is 1. The minimum absolute atomic E-state index is 0.110. The van der Waals surface area contributed by atoms with Gasteiger partial charge in [0.2, 0.25) is 5.95 Å². The number of fused-ring (bicyclic) bond motifs is 1. The molecule has 6 N–H and O–H groups in total. The van der Waals surface area contributed by atoms with Crippen molar-refractivity contribution >= 4 is 34.5 Å². The van der Waals surface area contributed by atoms with E-state index in [0.29, 0.717) is 18.7 Å². The topological polar surface area (TPSA) is 162 Å². The van der Waals surface area contributed by atoms with Gasteiger partial charge in [-0.05, 0) is 12.1 Å². The van der Waals surface area contributed by atoms with Crippen molar-refractivity contribution in [3.8, 4) is 0 Å². The third-order valence-electron chi connectivity index (χ3n) is 3.49. The molecular weight excluding hydrogens is 336 g/mol. The van der Waals surface area contributed by atoms with E-state index in [1.165, 1.54) is 6.20 Å². The lowest BCUT2D eigenvalue weighted by molar-refractivity contribution is 0.0953. The Bertz CT molecular complexity index is 975. The first-order valence-electron chi connectivity index (χ1n) is 7.71. The molecule has 0 aliphatic carbocycles. The summed E-state index contributed by atoms with van der Waals surface area (Å²) in [5, 5.41) is 13.8. The van der Waals surface area contributed by atoms with E-state index >= 15 is 0 Å². The third-order valence-corrected chi connectivity index (χ3v) is 3.49. The summed E-state index contributed by atoms with van der Waals surface area (Å²) in [6.45, 7) is 0.649. The Balaban J connectivity index is 1.53. The van der Waals surface area contributed by atoms with E-state index in [2.05, 4.69) is 30.8 Å². The molecule has 26 heavy (non-hydrogen) atoms. The van der Waals surface area contributed by atoms with Gasteiger partial charge in [-0.1, -0.05) is 18.2 Å². The highest BCUT2D eigenvalue weighted by molar-refractivity contribution is 5.97. The number of benzene rings is 1. The second kappa shape index (κ2) is 7.38. The highest BCUT2D eigenvalue weighted by atomic mass is 16.2. The van der Waals surface area contributed by atoms with E-state index in [1.54, 1.807) is 6.07 Å². The number of hydrogen-bond acceptors (Lipinski definition) is 8. The first-order valence-corrected chi connectivity index (χ1v) is 7.71. The molecule has 2 amide bonds.